The second-order valence-electron chi connectivity index (χ2n) is 11.8. The Hall–Kier alpha value is -6.06. The van der Waals surface area contributed by atoms with Gasteiger partial charge in [0.05, 0.1) is 45.4 Å². The fourth-order valence-corrected chi connectivity index (χ4v) is 10.5. The van der Waals surface area contributed by atoms with Crippen molar-refractivity contribution in [3.05, 3.63) is 113 Å². The summed E-state index contributed by atoms with van der Waals surface area (Å²) in [5.74, 6) is 0. The Bertz CT molecular complexity index is 2360. The monoisotopic (exact) mass is 576 g/mol. The number of aromatic nitrogens is 1. The number of benzene rings is 5. The Morgan fingerprint density at radius 3 is 1.82 bits per heavy atom. The lowest BCUT2D eigenvalue weighted by molar-refractivity contribution is 1.18. The number of nitrogens with zero attached hydrogens (tertiary/aromatic N) is 6. The zero-order valence-electron chi connectivity index (χ0n) is 23.9. The van der Waals surface area contributed by atoms with Crippen LogP contribution in [0.5, 0.6) is 0 Å². The highest BCUT2D eigenvalue weighted by Crippen LogP contribution is 2.40. The van der Waals surface area contributed by atoms with E-state index in [0.29, 0.717) is 22.3 Å². The highest BCUT2D eigenvalue weighted by Gasteiger charge is 2.47. The summed E-state index contributed by atoms with van der Waals surface area (Å²) in [4.78, 5) is 2.16. The Morgan fingerprint density at radius 2 is 1.18 bits per heavy atom. The second kappa shape index (κ2) is 8.97. The number of rotatable bonds is 1. The molecule has 0 radical (unpaired) electrons. The van der Waals surface area contributed by atoms with E-state index in [1.165, 1.54) is 0 Å². The van der Waals surface area contributed by atoms with Gasteiger partial charge in [-0.3, -0.25) is 0 Å². The van der Waals surface area contributed by atoms with Crippen LogP contribution in [0.4, 0.5) is 11.4 Å². The lowest BCUT2D eigenvalue weighted by atomic mass is 9.46. The summed E-state index contributed by atoms with van der Waals surface area (Å²) in [7, 11) is -2.63. The number of hydrogen-bond donors (Lipinski definition) is 0. The van der Waals surface area contributed by atoms with Gasteiger partial charge in [0, 0.05) is 27.8 Å². The molecule has 5 aromatic carbocycles. The first-order valence-electron chi connectivity index (χ1n) is 14.3. The normalized spacial score (nSPS) is 13.7. The van der Waals surface area contributed by atoms with Gasteiger partial charge in [0.15, 0.2) is 0 Å². The summed E-state index contributed by atoms with van der Waals surface area (Å²) in [6.45, 7) is 3.94. The summed E-state index contributed by atoms with van der Waals surface area (Å²) in [5, 5.41) is 45.2. The van der Waals surface area contributed by atoms with E-state index in [9.17, 15) is 21.0 Å². The molecule has 0 saturated heterocycles. The first-order chi connectivity index (χ1) is 21.4. The van der Waals surface area contributed by atoms with Crippen LogP contribution >= 0.6 is 0 Å². The summed E-state index contributed by atoms with van der Waals surface area (Å²) in [5.41, 5.74) is 8.43. The molecule has 0 bridgehead atoms. The fraction of sp³-hybridized carbons (Fsp3) is 0.0556. The van der Waals surface area contributed by atoms with Crippen LogP contribution in [-0.4, -0.2) is 19.5 Å². The van der Waals surface area contributed by atoms with E-state index in [2.05, 4.69) is 101 Å². The van der Waals surface area contributed by atoms with Crippen molar-refractivity contribution in [1.29, 1.82) is 21.0 Å². The number of hydrogen-bond acceptors (Lipinski definition) is 5. The van der Waals surface area contributed by atoms with Crippen LogP contribution < -0.4 is 26.1 Å². The molecule has 202 valence electrons. The molecule has 1 aromatic heterocycles. The van der Waals surface area contributed by atoms with Gasteiger partial charge < -0.3 is 9.38 Å². The van der Waals surface area contributed by atoms with Crippen LogP contribution in [0.15, 0.2) is 91.0 Å². The van der Waals surface area contributed by atoms with Crippen molar-refractivity contribution in [1.82, 2.24) is 4.57 Å². The van der Waals surface area contributed by atoms with E-state index in [4.69, 9.17) is 0 Å². The zero-order chi connectivity index (χ0) is 30.3. The first kappa shape index (κ1) is 25.6. The third-order valence-corrected chi connectivity index (χ3v) is 12.8. The van der Waals surface area contributed by atoms with Gasteiger partial charge in [-0.2, -0.15) is 21.0 Å². The Morgan fingerprint density at radius 1 is 0.614 bits per heavy atom. The van der Waals surface area contributed by atoms with Gasteiger partial charge in [-0.05, 0) is 57.7 Å². The molecule has 0 amide bonds. The summed E-state index contributed by atoms with van der Waals surface area (Å²) in [6, 6.07) is 39.6. The molecular weight excluding hydrogens is 555 g/mol. The van der Waals surface area contributed by atoms with Crippen LogP contribution in [0.2, 0.25) is 13.1 Å². The SMILES string of the molecule is C[Si]1(C)c2cc(C#N)cc(C#N)c2N(B2c3ccccc3-n3c4ccccc4c4cccc2c43)c2c(C#N)cc(C#N)cc21. The molecule has 0 aliphatic carbocycles. The second-order valence-corrected chi connectivity index (χ2v) is 16.2. The predicted octanol–water partition coefficient (Wildman–Crippen LogP) is 4.66. The zero-order valence-corrected chi connectivity index (χ0v) is 24.9. The van der Waals surface area contributed by atoms with Crippen molar-refractivity contribution in [2.24, 2.45) is 0 Å². The van der Waals surface area contributed by atoms with E-state index in [1.807, 2.05) is 24.3 Å². The number of anilines is 2. The van der Waals surface area contributed by atoms with Crippen LogP contribution in [0.3, 0.4) is 0 Å². The summed E-state index contributed by atoms with van der Waals surface area (Å²) in [6.07, 6.45) is 0. The third-order valence-electron chi connectivity index (χ3n) is 9.30. The molecular formula is C36H21BN6Si. The fourth-order valence-electron chi connectivity index (χ4n) is 7.44. The summed E-state index contributed by atoms with van der Waals surface area (Å²) >= 11 is 0. The lowest BCUT2D eigenvalue weighted by Crippen LogP contribution is -2.67. The molecule has 2 aliphatic heterocycles. The van der Waals surface area contributed by atoms with E-state index >= 15 is 0 Å². The number of para-hydroxylation sites is 3. The van der Waals surface area contributed by atoms with Gasteiger partial charge in [-0.25, -0.2) is 0 Å². The lowest BCUT2D eigenvalue weighted by Gasteiger charge is -2.46. The van der Waals surface area contributed by atoms with Crippen LogP contribution in [0, 0.1) is 45.3 Å². The average molecular weight is 577 g/mol. The van der Waals surface area contributed by atoms with E-state index < -0.39 is 14.9 Å². The maximum absolute atomic E-state index is 10.6. The van der Waals surface area contributed by atoms with Gasteiger partial charge in [-0.15, -0.1) is 0 Å². The molecule has 0 fully saturated rings. The molecule has 0 atom stereocenters. The minimum Gasteiger partial charge on any atom is -0.375 e. The van der Waals surface area contributed by atoms with Crippen molar-refractivity contribution in [2.45, 2.75) is 13.1 Å². The van der Waals surface area contributed by atoms with Crippen molar-refractivity contribution in [2.75, 3.05) is 4.81 Å². The summed E-state index contributed by atoms with van der Waals surface area (Å²) < 4.78 is 2.32. The molecule has 8 heteroatoms. The van der Waals surface area contributed by atoms with Crippen molar-refractivity contribution < 1.29 is 0 Å². The standard InChI is InChI=1S/C36H21BN6Si/c1-44(2)32-16-22(18-38)14-24(20-40)34(32)43(35-25(21-41)15-23(19-39)17-33(35)44)37-28-10-4-6-13-31(28)42-30-12-5-3-8-26(30)27-9-7-11-29(37)36(27)42/h3-17H,1-2H3. The maximum atomic E-state index is 10.6. The number of fused-ring (bicyclic) bond motifs is 7. The van der Waals surface area contributed by atoms with Crippen LogP contribution in [0.1, 0.15) is 22.3 Å². The Kier molecular flexibility index (Phi) is 5.23. The molecule has 6 nitrogen and oxygen atoms in total. The van der Waals surface area contributed by atoms with Crippen molar-refractivity contribution in [3.63, 3.8) is 0 Å². The molecule has 0 spiro atoms. The molecule has 0 unspecified atom stereocenters. The highest BCUT2D eigenvalue weighted by atomic mass is 28.3. The average Bonchev–Trinajstić information content (AvgIpc) is 3.40. The van der Waals surface area contributed by atoms with Gasteiger partial charge in [0.2, 0.25) is 0 Å². The van der Waals surface area contributed by atoms with Gasteiger partial charge in [0.25, 0.3) is 0 Å². The largest absolute Gasteiger partial charge is 0.375 e. The first-order valence-corrected chi connectivity index (χ1v) is 17.3. The van der Waals surface area contributed by atoms with Gasteiger partial charge in [-0.1, -0.05) is 67.7 Å². The Balaban J connectivity index is 1.59. The highest BCUT2D eigenvalue weighted by molar-refractivity contribution is 7.04. The van der Waals surface area contributed by atoms with Gasteiger partial charge >= 0.3 is 6.85 Å². The molecule has 6 aromatic rings. The minimum atomic E-state index is -2.63. The minimum absolute atomic E-state index is 0.394. The molecule has 2 aliphatic rings. The van der Waals surface area contributed by atoms with E-state index in [-0.39, 0.29) is 0 Å². The Labute approximate surface area is 255 Å². The van der Waals surface area contributed by atoms with E-state index in [1.54, 1.807) is 12.1 Å². The molecule has 44 heavy (non-hydrogen) atoms. The molecule has 0 N–H and O–H groups in total. The maximum Gasteiger partial charge on any atom is 0.332 e. The molecule has 8 rings (SSSR count). The predicted molar refractivity (Wildman–Crippen MR) is 176 cm³/mol. The number of nitriles is 4. The molecule has 0 saturated carbocycles. The van der Waals surface area contributed by atoms with Crippen LogP contribution in [-0.2, 0) is 0 Å². The molecule has 3 heterocycles. The van der Waals surface area contributed by atoms with E-state index in [0.717, 1.165) is 60.2 Å². The van der Waals surface area contributed by atoms with Crippen molar-refractivity contribution >= 4 is 69.4 Å². The van der Waals surface area contributed by atoms with Gasteiger partial charge in [0.1, 0.15) is 20.2 Å². The van der Waals surface area contributed by atoms with Crippen molar-refractivity contribution in [3.8, 4) is 30.0 Å². The smallest absolute Gasteiger partial charge is 0.332 e. The quantitative estimate of drug-likeness (QED) is 0.265. The topological polar surface area (TPSA) is 103 Å². The van der Waals surface area contributed by atoms with Crippen LogP contribution in [0.25, 0.3) is 27.5 Å². The third kappa shape index (κ3) is 3.15.